The lowest BCUT2D eigenvalue weighted by Crippen LogP contribution is -2.87. The number of cyclic esters (lactones) is 1. The van der Waals surface area contributed by atoms with Crippen molar-refractivity contribution in [2.75, 3.05) is 6.61 Å². The Morgan fingerprint density at radius 1 is 1.10 bits per heavy atom. The van der Waals surface area contributed by atoms with Crippen molar-refractivity contribution < 1.29 is 48.7 Å². The molecule has 1 aromatic carbocycles. The Balaban J connectivity index is 1.67. The van der Waals surface area contributed by atoms with E-state index in [4.69, 9.17) is 18.9 Å². The minimum Gasteiger partial charge on any atom is -0.457 e. The molecule has 0 radical (unpaired) electrons. The molecule has 2 heterocycles. The Hall–Kier alpha value is -2.79. The third kappa shape index (κ3) is 2.88. The average Bonchev–Trinajstić information content (AvgIpc) is 3.15. The number of aliphatic hydroxyl groups excluding tert-OH is 2. The molecule has 2 aliphatic heterocycles. The molecule has 10 nitrogen and oxygen atoms in total. The van der Waals surface area contributed by atoms with Crippen LogP contribution in [0.2, 0.25) is 0 Å². The van der Waals surface area contributed by atoms with E-state index in [1.807, 2.05) is 0 Å². The van der Waals surface area contributed by atoms with Gasteiger partial charge in [0.05, 0.1) is 35.7 Å². The summed E-state index contributed by atoms with van der Waals surface area (Å²) in [5.74, 6) is -3.36. The second-order valence-electron chi connectivity index (χ2n) is 12.4. The van der Waals surface area contributed by atoms with E-state index < -0.39 is 75.9 Å². The molecular weight excluding hydrogens is 508 g/mol. The van der Waals surface area contributed by atoms with Crippen LogP contribution in [0.25, 0.3) is 0 Å². The van der Waals surface area contributed by atoms with Gasteiger partial charge in [-0.05, 0) is 50.5 Å². The highest BCUT2D eigenvalue weighted by Gasteiger charge is 2.87. The van der Waals surface area contributed by atoms with E-state index in [9.17, 15) is 29.7 Å². The highest BCUT2D eigenvalue weighted by molar-refractivity contribution is 5.91. The summed E-state index contributed by atoms with van der Waals surface area (Å²) < 4.78 is 24.1. The number of benzene rings is 1. The Kier molecular flexibility index (Phi) is 5.36. The first kappa shape index (κ1) is 26.4. The van der Waals surface area contributed by atoms with Gasteiger partial charge in [-0.25, -0.2) is 9.59 Å². The number of fused-ring (bicyclic) bond motifs is 4. The second kappa shape index (κ2) is 7.90. The average molecular weight is 543 g/mol. The fraction of sp³-hybridized carbons (Fsp3) is 0.621. The molecule has 9 atom stereocenters. The Bertz CT molecular complexity index is 1300. The van der Waals surface area contributed by atoms with Crippen LogP contribution >= 0.6 is 0 Å². The number of aliphatic hydroxyl groups is 3. The number of esters is 3. The quantitative estimate of drug-likeness (QED) is 0.291. The summed E-state index contributed by atoms with van der Waals surface area (Å²) in [7, 11) is 0. The first-order valence-electron chi connectivity index (χ1n) is 13.3. The van der Waals surface area contributed by atoms with Crippen LogP contribution in [0.4, 0.5) is 0 Å². The smallest absolute Gasteiger partial charge is 0.343 e. The van der Waals surface area contributed by atoms with Gasteiger partial charge < -0.3 is 34.3 Å². The van der Waals surface area contributed by atoms with Gasteiger partial charge in [-0.1, -0.05) is 25.1 Å². The molecule has 2 saturated heterocycles. The van der Waals surface area contributed by atoms with Crippen LogP contribution in [0.15, 0.2) is 41.5 Å². The van der Waals surface area contributed by atoms with Crippen LogP contribution in [0.1, 0.15) is 57.8 Å². The number of hydrogen-bond acceptors (Lipinski definition) is 10. The molecule has 210 valence electrons. The first-order chi connectivity index (χ1) is 18.2. The largest absolute Gasteiger partial charge is 0.457 e. The van der Waals surface area contributed by atoms with Crippen molar-refractivity contribution in [2.45, 2.75) is 88.7 Å². The van der Waals surface area contributed by atoms with Gasteiger partial charge in [-0.3, -0.25) is 4.79 Å². The maximum atomic E-state index is 13.9. The van der Waals surface area contributed by atoms with Gasteiger partial charge >= 0.3 is 17.9 Å². The summed E-state index contributed by atoms with van der Waals surface area (Å²) in [5.41, 5.74) is -7.51. The minimum absolute atomic E-state index is 0.0200. The van der Waals surface area contributed by atoms with E-state index >= 15 is 0 Å². The van der Waals surface area contributed by atoms with Gasteiger partial charge in [-0.15, -0.1) is 0 Å². The molecule has 5 aliphatic rings. The van der Waals surface area contributed by atoms with Gasteiger partial charge in [0.15, 0.2) is 11.2 Å². The molecule has 39 heavy (non-hydrogen) atoms. The van der Waals surface area contributed by atoms with E-state index in [-0.39, 0.29) is 30.6 Å². The number of hydrogen-bond donors (Lipinski definition) is 3. The van der Waals surface area contributed by atoms with E-state index in [2.05, 4.69) is 0 Å². The van der Waals surface area contributed by atoms with E-state index in [1.54, 1.807) is 58.0 Å². The van der Waals surface area contributed by atoms with Crippen LogP contribution in [-0.4, -0.2) is 81.1 Å². The Morgan fingerprint density at radius 3 is 2.36 bits per heavy atom. The normalized spacial score (nSPS) is 45.2. The van der Waals surface area contributed by atoms with Gasteiger partial charge in [-0.2, -0.15) is 0 Å². The van der Waals surface area contributed by atoms with Crippen LogP contribution in [0.3, 0.4) is 0 Å². The predicted molar refractivity (Wildman–Crippen MR) is 133 cm³/mol. The zero-order valence-corrected chi connectivity index (χ0v) is 22.6. The number of carbonyl (C=O) groups excluding carboxylic acids is 3. The lowest BCUT2D eigenvalue weighted by Gasteiger charge is -2.73. The monoisotopic (exact) mass is 542 g/mol. The van der Waals surface area contributed by atoms with Gasteiger partial charge in [0.1, 0.15) is 17.8 Å². The highest BCUT2D eigenvalue weighted by Crippen LogP contribution is 2.75. The molecule has 0 aromatic heterocycles. The van der Waals surface area contributed by atoms with Crippen molar-refractivity contribution in [3.8, 4) is 0 Å². The fourth-order valence-electron chi connectivity index (χ4n) is 8.58. The van der Waals surface area contributed by atoms with Gasteiger partial charge in [0.25, 0.3) is 0 Å². The van der Waals surface area contributed by atoms with Gasteiger partial charge in [0, 0.05) is 18.8 Å². The van der Waals surface area contributed by atoms with E-state index in [0.29, 0.717) is 5.57 Å². The maximum absolute atomic E-state index is 13.9. The lowest BCUT2D eigenvalue weighted by molar-refractivity contribution is -0.380. The topological polar surface area (TPSA) is 149 Å². The highest BCUT2D eigenvalue weighted by atomic mass is 16.6. The van der Waals surface area contributed by atoms with Crippen molar-refractivity contribution in [3.63, 3.8) is 0 Å². The summed E-state index contributed by atoms with van der Waals surface area (Å²) in [6, 6.07) is 8.35. The number of rotatable bonds is 3. The third-order valence-electron chi connectivity index (χ3n) is 10.4. The van der Waals surface area contributed by atoms with E-state index in [1.165, 1.54) is 6.92 Å². The lowest BCUT2D eigenvalue weighted by atomic mass is 9.37. The first-order valence-corrected chi connectivity index (χ1v) is 13.3. The number of ether oxygens (including phenoxy) is 4. The minimum atomic E-state index is -2.41. The molecule has 3 aliphatic carbocycles. The molecule has 3 N–H and O–H groups in total. The molecule has 6 rings (SSSR count). The fourth-order valence-corrected chi connectivity index (χ4v) is 8.58. The standard InChI is InChI=1S/C29H34O10/c1-14-17(31)12-27-20(14)29(35,24(34)39-25(27,3)4)26(5)18(32)11-19-28(13-36-19,38-15(2)30)21(26)22(27)37-23(33)16-9-7-6-8-10-16/h6-10,17-19,21-22,31-32,35H,11-13H2,1-5H3/t17-,18-,19+,21-,22-,26+,27-,28-,29+/m0/s1. The van der Waals surface area contributed by atoms with Crippen LogP contribution in [0.5, 0.6) is 0 Å². The molecular formula is C29H34O10. The summed E-state index contributed by atoms with van der Waals surface area (Å²) in [4.78, 5) is 40.1. The molecule has 10 heteroatoms. The van der Waals surface area contributed by atoms with E-state index in [0.717, 1.165) is 0 Å². The van der Waals surface area contributed by atoms with Crippen LogP contribution in [0, 0.1) is 16.7 Å². The molecule has 0 spiro atoms. The number of carbonyl (C=O) groups is 3. The zero-order chi connectivity index (χ0) is 28.3. The molecule has 0 unspecified atom stereocenters. The Labute approximate surface area is 225 Å². The molecule has 4 fully saturated rings. The van der Waals surface area contributed by atoms with Crippen molar-refractivity contribution in [3.05, 3.63) is 47.0 Å². The summed E-state index contributed by atoms with van der Waals surface area (Å²) in [5, 5.41) is 35.5. The second-order valence-corrected chi connectivity index (χ2v) is 12.4. The molecule has 1 aromatic rings. The molecule has 2 bridgehead atoms. The third-order valence-corrected chi connectivity index (χ3v) is 10.4. The van der Waals surface area contributed by atoms with Crippen LogP contribution in [-0.2, 0) is 28.5 Å². The van der Waals surface area contributed by atoms with Crippen molar-refractivity contribution in [1.82, 2.24) is 0 Å². The SMILES string of the molecule is CC(=O)O[C@@]12CO[C@@H]1C[C@H](O)[C@]1(C)[C@@H]2[C@H](OC(=O)c2ccccc2)[C@]23C[C@H](O)C(C)=C2[C@@]1(O)C(=O)OC3(C)C. The predicted octanol–water partition coefficient (Wildman–Crippen LogP) is 1.45. The maximum Gasteiger partial charge on any atom is 0.343 e. The molecule has 2 saturated carbocycles. The summed E-state index contributed by atoms with van der Waals surface area (Å²) in [6.45, 7) is 7.67. The summed E-state index contributed by atoms with van der Waals surface area (Å²) in [6.07, 6.45) is -4.44. The van der Waals surface area contributed by atoms with Gasteiger partial charge in [0.2, 0.25) is 0 Å². The van der Waals surface area contributed by atoms with Crippen molar-refractivity contribution in [1.29, 1.82) is 0 Å². The van der Waals surface area contributed by atoms with Crippen molar-refractivity contribution in [2.24, 2.45) is 16.7 Å². The van der Waals surface area contributed by atoms with Crippen molar-refractivity contribution >= 4 is 17.9 Å². The summed E-state index contributed by atoms with van der Waals surface area (Å²) >= 11 is 0. The zero-order valence-electron chi connectivity index (χ0n) is 22.6. The molecule has 0 amide bonds. The Morgan fingerprint density at radius 2 is 1.77 bits per heavy atom. The van der Waals surface area contributed by atoms with Crippen LogP contribution < -0.4 is 0 Å².